The first-order valence-electron chi connectivity index (χ1n) is 6.03. The van der Waals surface area contributed by atoms with Gasteiger partial charge in [-0.2, -0.15) is 5.26 Å². The Morgan fingerprint density at radius 1 is 1.33 bits per heavy atom. The van der Waals surface area contributed by atoms with Crippen LogP contribution in [-0.2, 0) is 4.79 Å². The Labute approximate surface area is 108 Å². The summed E-state index contributed by atoms with van der Waals surface area (Å²) in [6.45, 7) is 6.46. The van der Waals surface area contributed by atoms with Gasteiger partial charge in [-0.05, 0) is 30.2 Å². The van der Waals surface area contributed by atoms with Gasteiger partial charge in [-0.1, -0.05) is 26.0 Å². The van der Waals surface area contributed by atoms with Crippen LogP contribution in [0.15, 0.2) is 24.3 Å². The molecule has 0 aromatic heterocycles. The summed E-state index contributed by atoms with van der Waals surface area (Å²) in [5.41, 5.74) is 1.65. The van der Waals surface area contributed by atoms with Crippen molar-refractivity contribution in [2.24, 2.45) is 5.92 Å². The summed E-state index contributed by atoms with van der Waals surface area (Å²) in [5, 5.41) is 15.0. The van der Waals surface area contributed by atoms with Crippen LogP contribution in [0.3, 0.4) is 0 Å². The van der Waals surface area contributed by atoms with E-state index in [1.165, 1.54) is 6.92 Å². The number of carbonyl (C=O) groups is 1. The van der Waals surface area contributed by atoms with Gasteiger partial charge in [0, 0.05) is 12.6 Å². The number of hydrogen-bond acceptors (Lipinski definition) is 3. The zero-order valence-corrected chi connectivity index (χ0v) is 11.0. The molecule has 1 aromatic rings. The second-order valence-corrected chi connectivity index (χ2v) is 4.67. The molecule has 2 N–H and O–H groups in total. The summed E-state index contributed by atoms with van der Waals surface area (Å²) in [5.74, 6) is 0.400. The van der Waals surface area contributed by atoms with Crippen molar-refractivity contribution in [1.29, 1.82) is 5.26 Å². The molecule has 0 saturated carbocycles. The zero-order chi connectivity index (χ0) is 13.5. The maximum absolute atomic E-state index is 10.9. The molecule has 1 aromatic carbocycles. The molecule has 0 aliphatic heterocycles. The van der Waals surface area contributed by atoms with Crippen molar-refractivity contribution in [3.8, 4) is 6.07 Å². The molecule has 0 heterocycles. The highest BCUT2D eigenvalue weighted by atomic mass is 16.1. The molecule has 96 valence electrons. The highest BCUT2D eigenvalue weighted by Crippen LogP contribution is 2.16. The van der Waals surface area contributed by atoms with Gasteiger partial charge < -0.3 is 5.32 Å². The van der Waals surface area contributed by atoms with E-state index in [1.807, 2.05) is 12.1 Å². The summed E-state index contributed by atoms with van der Waals surface area (Å²) < 4.78 is 0. The first-order valence-corrected chi connectivity index (χ1v) is 6.03. The summed E-state index contributed by atoms with van der Waals surface area (Å²) in [7, 11) is 0. The summed E-state index contributed by atoms with van der Waals surface area (Å²) in [6.07, 6.45) is 0. The number of hydrogen-bond donors (Lipinski definition) is 2. The highest BCUT2D eigenvalue weighted by molar-refractivity contribution is 5.88. The third-order valence-corrected chi connectivity index (χ3v) is 2.42. The van der Waals surface area contributed by atoms with Gasteiger partial charge in [-0.15, -0.1) is 0 Å². The zero-order valence-electron chi connectivity index (χ0n) is 11.0. The van der Waals surface area contributed by atoms with Gasteiger partial charge in [0.15, 0.2) is 0 Å². The summed E-state index contributed by atoms with van der Waals surface area (Å²) in [4.78, 5) is 10.9. The fraction of sp³-hybridized carbons (Fsp3) is 0.429. The number of nitriles is 1. The van der Waals surface area contributed by atoms with Gasteiger partial charge in [0.1, 0.15) is 6.04 Å². The number of anilines is 1. The Hall–Kier alpha value is -1.86. The molecule has 1 atom stereocenters. The van der Waals surface area contributed by atoms with Crippen LogP contribution in [0.1, 0.15) is 32.4 Å². The second-order valence-electron chi connectivity index (χ2n) is 4.67. The van der Waals surface area contributed by atoms with E-state index in [2.05, 4.69) is 30.6 Å². The van der Waals surface area contributed by atoms with Gasteiger partial charge in [-0.3, -0.25) is 10.1 Å². The predicted molar refractivity (Wildman–Crippen MR) is 71.9 cm³/mol. The van der Waals surface area contributed by atoms with Crippen molar-refractivity contribution in [3.63, 3.8) is 0 Å². The van der Waals surface area contributed by atoms with E-state index in [-0.39, 0.29) is 11.9 Å². The second kappa shape index (κ2) is 6.77. The topological polar surface area (TPSA) is 64.9 Å². The third kappa shape index (κ3) is 4.56. The van der Waals surface area contributed by atoms with E-state index in [0.717, 1.165) is 17.8 Å². The van der Waals surface area contributed by atoms with Crippen LogP contribution in [-0.4, -0.2) is 12.5 Å². The number of amides is 1. The Morgan fingerprint density at radius 2 is 1.94 bits per heavy atom. The van der Waals surface area contributed by atoms with Crippen LogP contribution in [0, 0.1) is 17.2 Å². The van der Waals surface area contributed by atoms with Crippen LogP contribution in [0.25, 0.3) is 0 Å². The third-order valence-electron chi connectivity index (χ3n) is 2.42. The SMILES string of the molecule is CC(=O)Nc1ccc(C(C#N)NCC(C)C)cc1. The normalized spacial score (nSPS) is 11.9. The van der Waals surface area contributed by atoms with Crippen LogP contribution in [0.4, 0.5) is 5.69 Å². The molecule has 0 fully saturated rings. The minimum Gasteiger partial charge on any atom is -0.326 e. The van der Waals surface area contributed by atoms with E-state index < -0.39 is 0 Å². The lowest BCUT2D eigenvalue weighted by Gasteiger charge is -2.14. The smallest absolute Gasteiger partial charge is 0.221 e. The molecule has 4 nitrogen and oxygen atoms in total. The number of nitrogens with one attached hydrogen (secondary N) is 2. The number of carbonyl (C=O) groups excluding carboxylic acids is 1. The van der Waals surface area contributed by atoms with Crippen LogP contribution >= 0.6 is 0 Å². The van der Waals surface area contributed by atoms with Crippen molar-refractivity contribution in [1.82, 2.24) is 5.32 Å². The first-order chi connectivity index (χ1) is 8.52. The quantitative estimate of drug-likeness (QED) is 0.837. The van der Waals surface area contributed by atoms with Crippen molar-refractivity contribution < 1.29 is 4.79 Å². The predicted octanol–water partition coefficient (Wildman–Crippen LogP) is 2.46. The standard InChI is InChI=1S/C14H19N3O/c1-10(2)9-16-14(8-15)12-4-6-13(7-5-12)17-11(3)18/h4-7,10,14,16H,9H2,1-3H3,(H,17,18). The molecular weight excluding hydrogens is 226 g/mol. The van der Waals surface area contributed by atoms with E-state index in [4.69, 9.17) is 5.26 Å². The Morgan fingerprint density at radius 3 is 2.39 bits per heavy atom. The molecular formula is C14H19N3O. The Kier molecular flexibility index (Phi) is 5.34. The van der Waals surface area contributed by atoms with Crippen molar-refractivity contribution in [3.05, 3.63) is 29.8 Å². The average molecular weight is 245 g/mol. The Bertz CT molecular complexity index is 431. The number of benzene rings is 1. The number of rotatable bonds is 5. The van der Waals surface area contributed by atoms with Crippen molar-refractivity contribution >= 4 is 11.6 Å². The maximum atomic E-state index is 10.9. The highest BCUT2D eigenvalue weighted by Gasteiger charge is 2.10. The first kappa shape index (κ1) is 14.2. The fourth-order valence-electron chi connectivity index (χ4n) is 1.55. The van der Waals surface area contributed by atoms with E-state index >= 15 is 0 Å². The van der Waals surface area contributed by atoms with Gasteiger partial charge in [0.2, 0.25) is 5.91 Å². The van der Waals surface area contributed by atoms with Gasteiger partial charge in [-0.25, -0.2) is 0 Å². The van der Waals surface area contributed by atoms with Crippen LogP contribution in [0.5, 0.6) is 0 Å². The largest absolute Gasteiger partial charge is 0.326 e. The van der Waals surface area contributed by atoms with Gasteiger partial charge >= 0.3 is 0 Å². The number of nitrogens with zero attached hydrogens (tertiary/aromatic N) is 1. The molecule has 0 saturated heterocycles. The Balaban J connectivity index is 2.70. The summed E-state index contributed by atoms with van der Waals surface area (Å²) >= 11 is 0. The lowest BCUT2D eigenvalue weighted by Crippen LogP contribution is -2.24. The average Bonchev–Trinajstić information content (AvgIpc) is 2.31. The van der Waals surface area contributed by atoms with E-state index in [1.54, 1.807) is 12.1 Å². The van der Waals surface area contributed by atoms with Crippen LogP contribution in [0.2, 0.25) is 0 Å². The van der Waals surface area contributed by atoms with E-state index in [9.17, 15) is 4.79 Å². The molecule has 4 heteroatoms. The molecule has 1 amide bonds. The molecule has 18 heavy (non-hydrogen) atoms. The fourth-order valence-corrected chi connectivity index (χ4v) is 1.55. The molecule has 0 aliphatic rings. The lowest BCUT2D eigenvalue weighted by atomic mass is 10.1. The minimum absolute atomic E-state index is 0.0995. The molecule has 0 bridgehead atoms. The molecule has 0 radical (unpaired) electrons. The minimum atomic E-state index is -0.307. The maximum Gasteiger partial charge on any atom is 0.221 e. The molecule has 0 aliphatic carbocycles. The molecule has 1 unspecified atom stereocenters. The molecule has 1 rings (SSSR count). The van der Waals surface area contributed by atoms with Gasteiger partial charge in [0.25, 0.3) is 0 Å². The monoisotopic (exact) mass is 245 g/mol. The van der Waals surface area contributed by atoms with Crippen molar-refractivity contribution in [2.45, 2.75) is 26.8 Å². The lowest BCUT2D eigenvalue weighted by molar-refractivity contribution is -0.114. The van der Waals surface area contributed by atoms with E-state index in [0.29, 0.717) is 5.92 Å². The summed E-state index contributed by atoms with van der Waals surface area (Å²) in [6, 6.07) is 9.24. The van der Waals surface area contributed by atoms with Crippen LogP contribution < -0.4 is 10.6 Å². The van der Waals surface area contributed by atoms with Gasteiger partial charge in [0.05, 0.1) is 6.07 Å². The molecule has 0 spiro atoms. The van der Waals surface area contributed by atoms with Crippen molar-refractivity contribution in [2.75, 3.05) is 11.9 Å².